The summed E-state index contributed by atoms with van der Waals surface area (Å²) in [4.78, 5) is 0. The molecule has 0 aromatic heterocycles. The van der Waals surface area contributed by atoms with Crippen molar-refractivity contribution in [2.24, 2.45) is 0 Å². The van der Waals surface area contributed by atoms with Gasteiger partial charge >= 0.3 is 0 Å². The fraction of sp³-hybridized carbons (Fsp3) is 0. The van der Waals surface area contributed by atoms with Gasteiger partial charge in [0.2, 0.25) is 0 Å². The Bertz CT molecular complexity index is 6960. The minimum Gasteiger partial charge on any atom is -0.0623 e. The average molecular weight is 1450 g/mol. The molecule has 0 saturated carbocycles. The maximum atomic E-state index is 2.30. The van der Waals surface area contributed by atoms with E-state index in [2.05, 4.69) is 449 Å². The smallest absolute Gasteiger partial charge is 0.00268 e. The second-order valence-electron chi connectivity index (χ2n) is 29.0. The molecule has 0 bridgehead atoms. The summed E-state index contributed by atoms with van der Waals surface area (Å²) in [7, 11) is 0. The molecule has 0 N–H and O–H groups in total. The molecule has 0 heteroatoms. The Labute approximate surface area is 663 Å². The maximum absolute atomic E-state index is 2.30. The van der Waals surface area contributed by atoms with Gasteiger partial charge in [-0.25, -0.2) is 0 Å². The molecule has 0 fully saturated rings. The zero-order chi connectivity index (χ0) is 76.2. The van der Waals surface area contributed by atoms with Crippen LogP contribution in [-0.2, 0) is 0 Å². The molecule has 0 aliphatic rings. The van der Waals surface area contributed by atoms with Crippen molar-refractivity contribution in [2.75, 3.05) is 0 Å². The van der Waals surface area contributed by atoms with E-state index in [1.165, 1.54) is 183 Å². The number of rotatable bonds is 0. The molecule has 0 heterocycles. The minimum absolute atomic E-state index is 1.31. The molecule has 0 unspecified atom stereocenters. The molecule has 0 amide bonds. The Morgan fingerprint density at radius 2 is 0.237 bits per heavy atom. The number of hydrogen-bond donors (Lipinski definition) is 0. The van der Waals surface area contributed by atoms with Crippen LogP contribution in [0.3, 0.4) is 0 Å². The molecule has 0 aliphatic carbocycles. The van der Waals surface area contributed by atoms with E-state index in [-0.39, 0.29) is 0 Å². The van der Waals surface area contributed by atoms with Crippen molar-refractivity contribution in [2.45, 2.75) is 0 Å². The third-order valence-corrected chi connectivity index (χ3v) is 21.8. The van der Waals surface area contributed by atoms with Crippen LogP contribution in [0.25, 0.3) is 183 Å². The first-order chi connectivity index (χ1) is 56.5. The van der Waals surface area contributed by atoms with Crippen LogP contribution in [0.15, 0.2) is 485 Å². The Morgan fingerprint density at radius 3 is 0.509 bits per heavy atom. The molecular formula is C114H80. The van der Waals surface area contributed by atoms with Crippen LogP contribution in [0.2, 0.25) is 0 Å². The highest BCUT2D eigenvalue weighted by Crippen LogP contribution is 2.37. The third kappa shape index (κ3) is 15.5. The van der Waals surface area contributed by atoms with Crippen molar-refractivity contribution < 1.29 is 0 Å². The second kappa shape index (κ2) is 33.2. The third-order valence-electron chi connectivity index (χ3n) is 21.8. The lowest BCUT2D eigenvalue weighted by molar-refractivity contribution is 1.72. The monoisotopic (exact) mass is 1450 g/mol. The normalized spacial score (nSPS) is 11.0. The van der Waals surface area contributed by atoms with Crippen LogP contribution in [0, 0.1) is 0 Å². The van der Waals surface area contributed by atoms with Crippen LogP contribution < -0.4 is 0 Å². The van der Waals surface area contributed by atoms with E-state index in [1.807, 2.05) is 36.4 Å². The van der Waals surface area contributed by atoms with Gasteiger partial charge < -0.3 is 0 Å². The molecule has 0 spiro atoms. The lowest BCUT2D eigenvalue weighted by Crippen LogP contribution is -1.82. The molecule has 0 radical (unpaired) electrons. The highest BCUT2D eigenvalue weighted by molar-refractivity contribution is 6.23. The SMILES string of the molecule is c1cc2ccc3cccc4ccc(c1)c2c34.c1ccc2c(c1)ccc1c3ccccc3ccc21.c1ccc2c(c1)ccc1ccccc12.c1ccc2cc3c(ccc4ccccc43)cc2c1.c1ccc2cc3cc4ccccc4cc3cc2c1.c1ccc2cc3ccccc3cc2c1.c1ccc2ccccc2c1.c1ccccc1. The molecule has 0 atom stereocenters. The summed E-state index contributed by atoms with van der Waals surface area (Å²) in [6, 6.07) is 172. The predicted octanol–water partition coefficient (Wildman–Crippen LogP) is 32.5. The highest BCUT2D eigenvalue weighted by atomic mass is 14.1. The van der Waals surface area contributed by atoms with Crippen molar-refractivity contribution in [3.63, 3.8) is 0 Å². The quantitative estimate of drug-likeness (QED) is 0.105. The molecule has 0 saturated heterocycles. The van der Waals surface area contributed by atoms with Crippen molar-refractivity contribution in [1.82, 2.24) is 0 Å². The molecule has 536 valence electrons. The molecule has 25 aromatic rings. The molecule has 25 aromatic carbocycles. The van der Waals surface area contributed by atoms with E-state index in [4.69, 9.17) is 0 Å². The Morgan fingerprint density at radius 1 is 0.0702 bits per heavy atom. The van der Waals surface area contributed by atoms with Crippen LogP contribution in [0.5, 0.6) is 0 Å². The number of benzene rings is 25. The van der Waals surface area contributed by atoms with E-state index in [0.29, 0.717) is 0 Å². The molecular weight excluding hydrogens is 1370 g/mol. The van der Waals surface area contributed by atoms with Gasteiger partial charge in [0, 0.05) is 0 Å². The molecule has 25 rings (SSSR count). The van der Waals surface area contributed by atoms with Crippen molar-refractivity contribution in [3.05, 3.63) is 485 Å². The number of hydrogen-bond acceptors (Lipinski definition) is 0. The first-order valence-corrected chi connectivity index (χ1v) is 39.2. The van der Waals surface area contributed by atoms with Gasteiger partial charge in [0.25, 0.3) is 0 Å². The van der Waals surface area contributed by atoms with Gasteiger partial charge in [-0.3, -0.25) is 0 Å². The summed E-state index contributed by atoms with van der Waals surface area (Å²) in [5.74, 6) is 0. The van der Waals surface area contributed by atoms with E-state index in [1.54, 1.807) is 0 Å². The van der Waals surface area contributed by atoms with E-state index < -0.39 is 0 Å². The van der Waals surface area contributed by atoms with Gasteiger partial charge in [-0.05, 0) is 232 Å². The highest BCUT2D eigenvalue weighted by Gasteiger charge is 2.09. The predicted molar refractivity (Wildman–Crippen MR) is 500 cm³/mol. The minimum atomic E-state index is 1.31. The first kappa shape index (κ1) is 70.8. The van der Waals surface area contributed by atoms with Gasteiger partial charge in [-0.15, -0.1) is 0 Å². The Balaban J connectivity index is 0.0000000918. The summed E-state index contributed by atoms with van der Waals surface area (Å²) >= 11 is 0. The largest absolute Gasteiger partial charge is 0.0623 e. The summed E-state index contributed by atoms with van der Waals surface area (Å²) < 4.78 is 0. The summed E-state index contributed by atoms with van der Waals surface area (Å²) in [5, 5.41) is 45.0. The lowest BCUT2D eigenvalue weighted by Gasteiger charge is -2.09. The van der Waals surface area contributed by atoms with Gasteiger partial charge in [-0.1, -0.05) is 437 Å². The van der Waals surface area contributed by atoms with E-state index >= 15 is 0 Å². The summed E-state index contributed by atoms with van der Waals surface area (Å²) in [5.41, 5.74) is 0. The van der Waals surface area contributed by atoms with Crippen molar-refractivity contribution in [1.29, 1.82) is 0 Å². The van der Waals surface area contributed by atoms with Crippen LogP contribution in [0.1, 0.15) is 0 Å². The van der Waals surface area contributed by atoms with Gasteiger partial charge in [-0.2, -0.15) is 0 Å². The first-order valence-electron chi connectivity index (χ1n) is 39.2. The second-order valence-corrected chi connectivity index (χ2v) is 29.0. The van der Waals surface area contributed by atoms with Gasteiger partial charge in [0.05, 0.1) is 0 Å². The zero-order valence-electron chi connectivity index (χ0n) is 63.2. The molecule has 114 heavy (non-hydrogen) atoms. The Kier molecular flexibility index (Phi) is 20.6. The van der Waals surface area contributed by atoms with E-state index in [9.17, 15) is 0 Å². The lowest BCUT2D eigenvalue weighted by atomic mass is 9.95. The van der Waals surface area contributed by atoms with Crippen molar-refractivity contribution >= 4 is 183 Å². The average Bonchev–Trinajstić information content (AvgIpc) is 0.764. The van der Waals surface area contributed by atoms with E-state index in [0.717, 1.165) is 0 Å². The van der Waals surface area contributed by atoms with Crippen molar-refractivity contribution in [3.8, 4) is 0 Å². The maximum Gasteiger partial charge on any atom is -0.00268 e. The van der Waals surface area contributed by atoms with Gasteiger partial charge in [0.1, 0.15) is 0 Å². The Hall–Kier alpha value is -14.8. The zero-order valence-corrected chi connectivity index (χ0v) is 63.2. The summed E-state index contributed by atoms with van der Waals surface area (Å²) in [6.07, 6.45) is 0. The molecule has 0 nitrogen and oxygen atoms in total. The van der Waals surface area contributed by atoms with Crippen LogP contribution >= 0.6 is 0 Å². The number of fused-ring (bicyclic) bond motifs is 18. The standard InChI is InChI=1S/3C18H12.C16H10.2C14H10.C10H8.C6H6/c1-3-7-15-13(5-1)9-11-18-16-8-4-2-6-14(16)10-12-17(15)18;1-2-7-15-12-18-16(11-14(15)6-1)10-9-13-5-3-4-8-17(13)18;1-2-6-14-10-18-12-16-8-4-3-7-15(16)11-17(18)9-13(14)5-1;1-3-11-7-9-13-5-2-6-14-10-8-12(4-1)15(11)16(13)14;1-3-7-13-11(5-1)9-10-12-6-2-4-8-14(12)13;1-2-6-12-10-14-8-4-3-7-13(14)9-11(12)5-1;1-2-6-10-8-4-3-7-9(10)5-1;1-2-4-6-5-3-1/h3*1-12H;1-10H;2*1-10H;1-8H;1-6H. The fourth-order valence-corrected chi connectivity index (χ4v) is 16.1. The molecule has 0 aliphatic heterocycles. The van der Waals surface area contributed by atoms with Gasteiger partial charge in [0.15, 0.2) is 0 Å². The fourth-order valence-electron chi connectivity index (χ4n) is 16.1. The summed E-state index contributed by atoms with van der Waals surface area (Å²) in [6.45, 7) is 0. The topological polar surface area (TPSA) is 0 Å². The van der Waals surface area contributed by atoms with Crippen LogP contribution in [0.4, 0.5) is 0 Å². The van der Waals surface area contributed by atoms with Crippen LogP contribution in [-0.4, -0.2) is 0 Å².